The van der Waals surface area contributed by atoms with Crippen molar-refractivity contribution in [2.75, 3.05) is 0 Å². The molecule has 0 heteroatoms. The minimum Gasteiger partial charge on any atom is -0.0842 e. The first-order valence-electron chi connectivity index (χ1n) is 3.47. The van der Waals surface area contributed by atoms with E-state index in [0.717, 1.165) is 5.92 Å². The van der Waals surface area contributed by atoms with Crippen LogP contribution in [0.1, 0.15) is 20.3 Å². The zero-order chi connectivity index (χ0) is 6.69. The van der Waals surface area contributed by atoms with E-state index in [0.29, 0.717) is 0 Å². The van der Waals surface area contributed by atoms with E-state index in [4.69, 9.17) is 0 Å². The summed E-state index contributed by atoms with van der Waals surface area (Å²) in [7, 11) is 0. The van der Waals surface area contributed by atoms with Crippen LogP contribution in [-0.4, -0.2) is 0 Å². The molecule has 1 aliphatic carbocycles. The van der Waals surface area contributed by atoms with Crippen LogP contribution in [0.2, 0.25) is 0 Å². The Kier molecular flexibility index (Phi) is 2.10. The van der Waals surface area contributed by atoms with Crippen LogP contribution in [0.15, 0.2) is 24.3 Å². The molecule has 0 N–H and O–H groups in total. The molecule has 0 bridgehead atoms. The summed E-state index contributed by atoms with van der Waals surface area (Å²) in [6, 6.07) is 0. The number of hydrogen-bond donors (Lipinski definition) is 0. The van der Waals surface area contributed by atoms with Crippen molar-refractivity contribution in [3.63, 3.8) is 0 Å². The van der Waals surface area contributed by atoms with Gasteiger partial charge in [-0.1, -0.05) is 38.2 Å². The predicted octanol–water partition coefficient (Wildman–Crippen LogP) is 2.73. The van der Waals surface area contributed by atoms with Crippen molar-refractivity contribution >= 4 is 0 Å². The maximum atomic E-state index is 2.26. The molecule has 0 spiro atoms. The fourth-order valence-corrected chi connectivity index (χ4v) is 0.919. The summed E-state index contributed by atoms with van der Waals surface area (Å²) in [6.45, 7) is 4.45. The Bertz CT molecular complexity index is 131. The van der Waals surface area contributed by atoms with Crippen LogP contribution < -0.4 is 0 Å². The SMILES string of the molecule is C[C]1C=CC=CCC1C. The van der Waals surface area contributed by atoms with E-state index in [1.807, 2.05) is 0 Å². The summed E-state index contributed by atoms with van der Waals surface area (Å²) >= 11 is 0. The highest BCUT2D eigenvalue weighted by Crippen LogP contribution is 2.20. The van der Waals surface area contributed by atoms with Gasteiger partial charge in [0.25, 0.3) is 0 Å². The highest BCUT2D eigenvalue weighted by molar-refractivity contribution is 5.19. The third kappa shape index (κ3) is 1.70. The van der Waals surface area contributed by atoms with Crippen LogP contribution in [-0.2, 0) is 0 Å². The monoisotopic (exact) mass is 121 g/mol. The maximum Gasteiger partial charge on any atom is -0.00238 e. The third-order valence-corrected chi connectivity index (χ3v) is 1.87. The first-order valence-corrected chi connectivity index (χ1v) is 3.47. The van der Waals surface area contributed by atoms with Crippen LogP contribution in [0.25, 0.3) is 0 Å². The Hall–Kier alpha value is -0.520. The molecule has 0 aromatic rings. The molecule has 1 atom stereocenters. The van der Waals surface area contributed by atoms with E-state index in [-0.39, 0.29) is 0 Å². The maximum absolute atomic E-state index is 2.26. The highest BCUT2D eigenvalue weighted by Gasteiger charge is 2.08. The van der Waals surface area contributed by atoms with E-state index in [9.17, 15) is 0 Å². The van der Waals surface area contributed by atoms with Gasteiger partial charge in [0.05, 0.1) is 0 Å². The van der Waals surface area contributed by atoms with E-state index in [1.54, 1.807) is 0 Å². The van der Waals surface area contributed by atoms with Crippen molar-refractivity contribution in [1.82, 2.24) is 0 Å². The van der Waals surface area contributed by atoms with Gasteiger partial charge in [0.2, 0.25) is 0 Å². The highest BCUT2D eigenvalue weighted by atomic mass is 14.1. The lowest BCUT2D eigenvalue weighted by molar-refractivity contribution is 0.642. The number of hydrogen-bond acceptors (Lipinski definition) is 0. The molecule has 9 heavy (non-hydrogen) atoms. The van der Waals surface area contributed by atoms with Gasteiger partial charge in [-0.25, -0.2) is 0 Å². The summed E-state index contributed by atoms with van der Waals surface area (Å²) in [5.41, 5.74) is 0. The first-order chi connectivity index (χ1) is 4.30. The summed E-state index contributed by atoms with van der Waals surface area (Å²) in [5.74, 6) is 2.22. The van der Waals surface area contributed by atoms with Gasteiger partial charge < -0.3 is 0 Å². The van der Waals surface area contributed by atoms with Gasteiger partial charge >= 0.3 is 0 Å². The largest absolute Gasteiger partial charge is 0.0842 e. The normalized spacial score (nSPS) is 28.4. The summed E-state index contributed by atoms with van der Waals surface area (Å²) in [6.07, 6.45) is 9.83. The fraction of sp³-hybridized carbons (Fsp3) is 0.444. The second-order valence-electron chi connectivity index (χ2n) is 2.67. The van der Waals surface area contributed by atoms with Gasteiger partial charge in [-0.15, -0.1) is 0 Å². The smallest absolute Gasteiger partial charge is 0.00238 e. The van der Waals surface area contributed by atoms with Gasteiger partial charge in [0.15, 0.2) is 0 Å². The van der Waals surface area contributed by atoms with Gasteiger partial charge in [-0.3, -0.25) is 0 Å². The van der Waals surface area contributed by atoms with Gasteiger partial charge in [-0.2, -0.15) is 0 Å². The van der Waals surface area contributed by atoms with Gasteiger partial charge in [-0.05, 0) is 18.3 Å². The standard InChI is InChI=1S/C9H13/c1-8-6-4-3-5-7-9(8)2/h3-6,9H,7H2,1-2H3. The average molecular weight is 121 g/mol. The molecule has 1 unspecified atom stereocenters. The predicted molar refractivity (Wildman–Crippen MR) is 41.0 cm³/mol. The fourth-order valence-electron chi connectivity index (χ4n) is 0.919. The molecular formula is C9H13. The Morgan fingerprint density at radius 1 is 1.44 bits per heavy atom. The zero-order valence-corrected chi connectivity index (χ0v) is 6.09. The zero-order valence-electron chi connectivity index (χ0n) is 6.09. The topological polar surface area (TPSA) is 0 Å². The second-order valence-corrected chi connectivity index (χ2v) is 2.67. The van der Waals surface area contributed by atoms with Gasteiger partial charge in [0.1, 0.15) is 0 Å². The first kappa shape index (κ1) is 6.60. The molecular weight excluding hydrogens is 108 g/mol. The summed E-state index contributed by atoms with van der Waals surface area (Å²) in [5, 5.41) is 0. The molecule has 1 radical (unpaired) electrons. The Morgan fingerprint density at radius 2 is 2.22 bits per heavy atom. The molecule has 0 aromatic heterocycles. The molecule has 0 amide bonds. The van der Waals surface area contributed by atoms with Crippen LogP contribution in [0.4, 0.5) is 0 Å². The van der Waals surface area contributed by atoms with Gasteiger partial charge in [0, 0.05) is 0 Å². The lowest BCUT2D eigenvalue weighted by atomic mass is 9.94. The van der Waals surface area contributed by atoms with Crippen molar-refractivity contribution in [1.29, 1.82) is 0 Å². The van der Waals surface area contributed by atoms with Crippen LogP contribution >= 0.6 is 0 Å². The number of allylic oxidation sites excluding steroid dienone is 4. The van der Waals surface area contributed by atoms with E-state index in [2.05, 4.69) is 38.2 Å². The summed E-state index contributed by atoms with van der Waals surface area (Å²) < 4.78 is 0. The molecule has 0 saturated carbocycles. The second kappa shape index (κ2) is 2.86. The third-order valence-electron chi connectivity index (χ3n) is 1.87. The van der Waals surface area contributed by atoms with Crippen molar-refractivity contribution in [3.8, 4) is 0 Å². The summed E-state index contributed by atoms with van der Waals surface area (Å²) in [4.78, 5) is 0. The molecule has 1 rings (SSSR count). The van der Waals surface area contributed by atoms with Crippen molar-refractivity contribution in [3.05, 3.63) is 30.2 Å². The molecule has 49 valence electrons. The Labute approximate surface area is 57.3 Å². The molecule has 1 aliphatic rings. The van der Waals surface area contributed by atoms with Crippen molar-refractivity contribution < 1.29 is 0 Å². The Balaban J connectivity index is 2.58. The molecule has 0 saturated heterocycles. The minimum absolute atomic E-state index is 0.736. The van der Waals surface area contributed by atoms with Crippen LogP contribution in [0, 0.1) is 11.8 Å². The molecule has 0 fully saturated rings. The number of rotatable bonds is 0. The average Bonchev–Trinajstić information content (AvgIpc) is 1.99. The van der Waals surface area contributed by atoms with Crippen molar-refractivity contribution in [2.24, 2.45) is 5.92 Å². The quantitative estimate of drug-likeness (QED) is 0.462. The lowest BCUT2D eigenvalue weighted by Crippen LogP contribution is -1.99. The van der Waals surface area contributed by atoms with E-state index >= 15 is 0 Å². The lowest BCUT2D eigenvalue weighted by Gasteiger charge is -2.10. The Morgan fingerprint density at radius 3 is 3.00 bits per heavy atom. The molecule has 0 heterocycles. The van der Waals surface area contributed by atoms with Crippen molar-refractivity contribution in [2.45, 2.75) is 20.3 Å². The molecule has 0 nitrogen and oxygen atoms in total. The van der Waals surface area contributed by atoms with E-state index in [1.165, 1.54) is 12.3 Å². The molecule has 0 aliphatic heterocycles. The van der Waals surface area contributed by atoms with Crippen LogP contribution in [0.5, 0.6) is 0 Å². The van der Waals surface area contributed by atoms with Crippen LogP contribution in [0.3, 0.4) is 0 Å². The minimum atomic E-state index is 0.736. The van der Waals surface area contributed by atoms with E-state index < -0.39 is 0 Å². The molecule has 0 aromatic carbocycles.